The summed E-state index contributed by atoms with van der Waals surface area (Å²) in [6.45, 7) is -0.101. The van der Waals surface area contributed by atoms with Gasteiger partial charge in [0, 0.05) is 6.42 Å². The number of aliphatic hydroxyl groups excluding tert-OH is 1. The van der Waals surface area contributed by atoms with Crippen molar-refractivity contribution >= 4 is 5.97 Å². The second-order valence-electron chi connectivity index (χ2n) is 4.79. The number of carbonyl (C=O) groups is 1. The normalized spacial score (nSPS) is 12.9. The summed E-state index contributed by atoms with van der Waals surface area (Å²) >= 11 is 0. The number of nitrogens with zero attached hydrogens (tertiary/aromatic N) is 3. The van der Waals surface area contributed by atoms with Gasteiger partial charge in [0.25, 0.3) is 5.82 Å². The minimum absolute atomic E-state index is 0.0131. The molecule has 0 aliphatic rings. The molecular formula is C14H14F3N3O3. The molecule has 2 rings (SSSR count). The zero-order valence-corrected chi connectivity index (χ0v) is 12.1. The van der Waals surface area contributed by atoms with E-state index in [-0.39, 0.29) is 24.4 Å². The Bertz CT molecular complexity index is 685. The molecule has 9 heteroatoms. The highest BCUT2D eigenvalue weighted by Crippen LogP contribution is 2.32. The number of alkyl halides is 3. The average Bonchev–Trinajstić information content (AvgIpc) is 2.94. The van der Waals surface area contributed by atoms with Crippen molar-refractivity contribution in [3.8, 4) is 0 Å². The summed E-state index contributed by atoms with van der Waals surface area (Å²) in [7, 11) is 1.17. The van der Waals surface area contributed by atoms with Gasteiger partial charge in [0.05, 0.1) is 25.3 Å². The molecule has 1 heterocycles. The average molecular weight is 329 g/mol. The van der Waals surface area contributed by atoms with E-state index in [1.165, 1.54) is 36.3 Å². The molecule has 1 aromatic carbocycles. The predicted molar refractivity (Wildman–Crippen MR) is 72.5 cm³/mol. The van der Waals surface area contributed by atoms with E-state index >= 15 is 0 Å². The monoisotopic (exact) mass is 329 g/mol. The van der Waals surface area contributed by atoms with Gasteiger partial charge in [-0.05, 0) is 11.6 Å². The predicted octanol–water partition coefficient (Wildman–Crippen LogP) is 1.69. The molecule has 0 fully saturated rings. The van der Waals surface area contributed by atoms with Crippen LogP contribution in [0.25, 0.3) is 0 Å². The second kappa shape index (κ2) is 6.78. The Morgan fingerprint density at radius 1 is 1.39 bits per heavy atom. The smallest absolute Gasteiger partial charge is 0.416 e. The molecule has 0 unspecified atom stereocenters. The molecule has 0 radical (unpaired) electrons. The number of aliphatic hydroxyl groups is 1. The quantitative estimate of drug-likeness (QED) is 0.845. The lowest BCUT2D eigenvalue weighted by atomic mass is 10.0. The van der Waals surface area contributed by atoms with Gasteiger partial charge in [-0.25, -0.2) is 14.5 Å². The summed E-state index contributed by atoms with van der Waals surface area (Å²) < 4.78 is 44.3. The van der Waals surface area contributed by atoms with Gasteiger partial charge in [0.15, 0.2) is 0 Å². The van der Waals surface area contributed by atoms with Crippen molar-refractivity contribution in [2.75, 3.05) is 7.11 Å². The first-order valence-electron chi connectivity index (χ1n) is 6.62. The van der Waals surface area contributed by atoms with Crippen LogP contribution >= 0.6 is 0 Å². The van der Waals surface area contributed by atoms with Gasteiger partial charge < -0.3 is 9.84 Å². The third-order valence-electron chi connectivity index (χ3n) is 3.08. The van der Waals surface area contributed by atoms with Crippen molar-refractivity contribution in [3.05, 3.63) is 47.5 Å². The Balaban J connectivity index is 2.07. The molecule has 2 aromatic rings. The molecule has 1 atom stereocenters. The molecule has 0 spiro atoms. The van der Waals surface area contributed by atoms with E-state index in [1.807, 2.05) is 0 Å². The summed E-state index contributed by atoms with van der Waals surface area (Å²) in [5, 5.41) is 13.8. The Morgan fingerprint density at radius 2 is 2.09 bits per heavy atom. The topological polar surface area (TPSA) is 77.2 Å². The van der Waals surface area contributed by atoms with Crippen molar-refractivity contribution in [2.45, 2.75) is 25.2 Å². The standard InChI is InChI=1S/C14H14F3N3O3/c1-23-13(22)12-18-8-20(19-12)7-10(21)6-9-4-2-3-5-11(9)14(15,16)17/h2-5,8,10,21H,6-7H2,1H3/t10-/m1/s1. The molecular weight excluding hydrogens is 315 g/mol. The van der Waals surface area contributed by atoms with E-state index in [4.69, 9.17) is 0 Å². The van der Waals surface area contributed by atoms with Gasteiger partial charge in [-0.2, -0.15) is 13.2 Å². The van der Waals surface area contributed by atoms with Crippen molar-refractivity contribution in [2.24, 2.45) is 0 Å². The van der Waals surface area contributed by atoms with Crippen LogP contribution in [0.15, 0.2) is 30.6 Å². The molecule has 0 aliphatic heterocycles. The second-order valence-corrected chi connectivity index (χ2v) is 4.79. The largest absolute Gasteiger partial charge is 0.463 e. The number of aromatic nitrogens is 3. The third kappa shape index (κ3) is 4.28. The number of esters is 1. The van der Waals surface area contributed by atoms with Gasteiger partial charge in [-0.3, -0.25) is 0 Å². The van der Waals surface area contributed by atoms with E-state index < -0.39 is 23.8 Å². The first-order chi connectivity index (χ1) is 10.8. The first-order valence-corrected chi connectivity index (χ1v) is 6.62. The third-order valence-corrected chi connectivity index (χ3v) is 3.08. The number of ether oxygens (including phenoxy) is 1. The van der Waals surface area contributed by atoms with Gasteiger partial charge in [0.2, 0.25) is 0 Å². The Morgan fingerprint density at radius 3 is 2.74 bits per heavy atom. The van der Waals surface area contributed by atoms with Gasteiger partial charge in [0.1, 0.15) is 6.33 Å². The van der Waals surface area contributed by atoms with Crippen LogP contribution < -0.4 is 0 Å². The number of benzene rings is 1. The maximum atomic E-state index is 12.9. The Hall–Kier alpha value is -2.42. The van der Waals surface area contributed by atoms with Crippen LogP contribution in [-0.4, -0.2) is 39.1 Å². The fourth-order valence-electron chi connectivity index (χ4n) is 2.08. The van der Waals surface area contributed by atoms with Crippen molar-refractivity contribution < 1.29 is 27.8 Å². The Labute approximate surface area is 129 Å². The molecule has 0 amide bonds. The number of hydrogen-bond donors (Lipinski definition) is 1. The lowest BCUT2D eigenvalue weighted by Gasteiger charge is -2.15. The molecule has 1 aromatic heterocycles. The van der Waals surface area contributed by atoms with E-state index in [0.29, 0.717) is 0 Å². The first kappa shape index (κ1) is 16.9. The Kier molecular flexibility index (Phi) is 4.99. The van der Waals surface area contributed by atoms with Crippen LogP contribution in [-0.2, 0) is 23.9 Å². The van der Waals surface area contributed by atoms with Crippen LogP contribution in [0.2, 0.25) is 0 Å². The van der Waals surface area contributed by atoms with Gasteiger partial charge in [-0.1, -0.05) is 18.2 Å². The maximum absolute atomic E-state index is 12.9. The summed E-state index contributed by atoms with van der Waals surface area (Å²) in [5.74, 6) is -0.920. The highest BCUT2D eigenvalue weighted by Gasteiger charge is 2.33. The summed E-state index contributed by atoms with van der Waals surface area (Å²) in [6.07, 6.45) is -4.61. The van der Waals surface area contributed by atoms with Crippen LogP contribution in [0.5, 0.6) is 0 Å². The number of carbonyl (C=O) groups excluding carboxylic acids is 1. The van der Waals surface area contributed by atoms with Gasteiger partial charge >= 0.3 is 12.1 Å². The number of methoxy groups -OCH3 is 1. The SMILES string of the molecule is COC(=O)c1ncn(C[C@H](O)Cc2ccccc2C(F)(F)F)n1. The molecule has 0 saturated carbocycles. The number of halogens is 3. The van der Waals surface area contributed by atoms with Crippen LogP contribution in [0.1, 0.15) is 21.7 Å². The van der Waals surface area contributed by atoms with Crippen LogP contribution in [0, 0.1) is 0 Å². The molecule has 23 heavy (non-hydrogen) atoms. The molecule has 0 saturated heterocycles. The molecule has 124 valence electrons. The summed E-state index contributed by atoms with van der Waals surface area (Å²) in [4.78, 5) is 14.9. The summed E-state index contributed by atoms with van der Waals surface area (Å²) in [5.41, 5.74) is -0.798. The van der Waals surface area contributed by atoms with E-state index in [2.05, 4.69) is 14.8 Å². The van der Waals surface area contributed by atoms with E-state index in [1.54, 1.807) is 0 Å². The molecule has 0 bridgehead atoms. The van der Waals surface area contributed by atoms with E-state index in [9.17, 15) is 23.1 Å². The highest BCUT2D eigenvalue weighted by atomic mass is 19.4. The van der Waals surface area contributed by atoms with E-state index in [0.717, 1.165) is 6.07 Å². The van der Waals surface area contributed by atoms with Crippen molar-refractivity contribution in [1.29, 1.82) is 0 Å². The van der Waals surface area contributed by atoms with Crippen molar-refractivity contribution in [3.63, 3.8) is 0 Å². The zero-order valence-electron chi connectivity index (χ0n) is 12.1. The fraction of sp³-hybridized carbons (Fsp3) is 0.357. The fourth-order valence-corrected chi connectivity index (χ4v) is 2.08. The molecule has 6 nitrogen and oxygen atoms in total. The van der Waals surface area contributed by atoms with Crippen LogP contribution in [0.4, 0.5) is 13.2 Å². The maximum Gasteiger partial charge on any atom is 0.416 e. The summed E-state index contributed by atoms with van der Waals surface area (Å²) in [6, 6.07) is 5.04. The minimum Gasteiger partial charge on any atom is -0.463 e. The number of hydrogen-bond acceptors (Lipinski definition) is 5. The van der Waals surface area contributed by atoms with Crippen LogP contribution in [0.3, 0.4) is 0 Å². The zero-order chi connectivity index (χ0) is 17.0. The minimum atomic E-state index is -4.48. The van der Waals surface area contributed by atoms with Gasteiger partial charge in [-0.15, -0.1) is 5.10 Å². The highest BCUT2D eigenvalue weighted by molar-refractivity contribution is 5.84. The lowest BCUT2D eigenvalue weighted by molar-refractivity contribution is -0.138. The lowest BCUT2D eigenvalue weighted by Crippen LogP contribution is -2.21. The molecule has 1 N–H and O–H groups in total. The number of rotatable bonds is 5. The van der Waals surface area contributed by atoms with Crippen molar-refractivity contribution in [1.82, 2.24) is 14.8 Å². The molecule has 0 aliphatic carbocycles.